The van der Waals surface area contributed by atoms with Gasteiger partial charge in [0.25, 0.3) is 5.56 Å². The van der Waals surface area contributed by atoms with Crippen LogP contribution < -0.4 is 10.9 Å². The number of nitrogens with zero attached hydrogens (tertiary/aromatic N) is 4. The topological polar surface area (TPSA) is 81.8 Å². The van der Waals surface area contributed by atoms with E-state index in [1.807, 2.05) is 26.0 Å². The quantitative estimate of drug-likeness (QED) is 0.639. The molecule has 1 amide bonds. The highest BCUT2D eigenvalue weighted by Gasteiger charge is 2.14. The third kappa shape index (κ3) is 4.35. The average molecular weight is 406 g/mol. The molecule has 156 valence electrons. The van der Waals surface area contributed by atoms with Crippen LogP contribution in [-0.2, 0) is 11.3 Å². The number of amides is 1. The molecule has 1 aliphatic carbocycles. The van der Waals surface area contributed by atoms with Crippen LogP contribution >= 0.6 is 0 Å². The van der Waals surface area contributed by atoms with E-state index in [9.17, 15) is 9.59 Å². The summed E-state index contributed by atoms with van der Waals surface area (Å²) in [6.07, 6.45) is 10.9. The lowest BCUT2D eigenvalue weighted by molar-refractivity contribution is -0.121. The summed E-state index contributed by atoms with van der Waals surface area (Å²) in [6, 6.07) is 6.09. The molecule has 0 fully saturated rings. The van der Waals surface area contributed by atoms with E-state index < -0.39 is 0 Å². The van der Waals surface area contributed by atoms with Gasteiger partial charge in [-0.05, 0) is 69.2 Å². The average Bonchev–Trinajstić information content (AvgIpc) is 3.15. The molecule has 1 aromatic carbocycles. The first-order valence-corrected chi connectivity index (χ1v) is 10.5. The van der Waals surface area contributed by atoms with E-state index in [2.05, 4.69) is 27.5 Å². The SMILES string of the molecule is Cc1cc(C)cc(-n2ncc3c(=O)n(CC(=O)NCCC4=CCCCC4)cnc32)c1. The predicted molar refractivity (Wildman–Crippen MR) is 117 cm³/mol. The molecule has 7 heteroatoms. The number of allylic oxidation sites excluding steroid dienone is 1. The van der Waals surface area contributed by atoms with Crippen molar-refractivity contribution in [1.29, 1.82) is 0 Å². The zero-order valence-corrected chi connectivity index (χ0v) is 17.5. The number of hydrogen-bond acceptors (Lipinski definition) is 4. The number of rotatable bonds is 6. The highest BCUT2D eigenvalue weighted by atomic mass is 16.2. The van der Waals surface area contributed by atoms with Crippen molar-refractivity contribution >= 4 is 16.9 Å². The Labute approximate surface area is 175 Å². The molecule has 1 aliphatic rings. The molecule has 4 rings (SSSR count). The van der Waals surface area contributed by atoms with Gasteiger partial charge in [-0.1, -0.05) is 17.7 Å². The van der Waals surface area contributed by atoms with E-state index in [1.54, 1.807) is 4.68 Å². The Kier molecular flexibility index (Phi) is 5.79. The molecule has 0 unspecified atom stereocenters. The molecular weight excluding hydrogens is 378 g/mol. The second-order valence-electron chi connectivity index (χ2n) is 8.03. The largest absolute Gasteiger partial charge is 0.354 e. The molecule has 0 radical (unpaired) electrons. The Bertz CT molecular complexity index is 1150. The summed E-state index contributed by atoms with van der Waals surface area (Å²) in [4.78, 5) is 29.6. The minimum atomic E-state index is -0.263. The fourth-order valence-electron chi connectivity index (χ4n) is 4.03. The summed E-state index contributed by atoms with van der Waals surface area (Å²) in [5.74, 6) is -0.184. The fourth-order valence-corrected chi connectivity index (χ4v) is 4.03. The van der Waals surface area contributed by atoms with Crippen LogP contribution in [0.5, 0.6) is 0 Å². The van der Waals surface area contributed by atoms with Crippen LogP contribution in [0.2, 0.25) is 0 Å². The number of aromatic nitrogens is 4. The Hall–Kier alpha value is -3.22. The standard InChI is InChI=1S/C23H27N5O2/c1-16-10-17(2)12-19(11-16)28-22-20(13-26-28)23(30)27(15-25-22)14-21(29)24-9-8-18-6-4-3-5-7-18/h6,10-13,15H,3-5,7-9,14H2,1-2H3,(H,24,29). The summed E-state index contributed by atoms with van der Waals surface area (Å²) in [5, 5.41) is 7.67. The van der Waals surface area contributed by atoms with Gasteiger partial charge in [-0.3, -0.25) is 14.2 Å². The van der Waals surface area contributed by atoms with Gasteiger partial charge in [0.1, 0.15) is 18.3 Å². The lowest BCUT2D eigenvalue weighted by Crippen LogP contribution is -2.33. The number of aryl methyl sites for hydroxylation is 2. The van der Waals surface area contributed by atoms with E-state index in [0.717, 1.165) is 36.1 Å². The Morgan fingerprint density at radius 1 is 1.17 bits per heavy atom. The summed E-state index contributed by atoms with van der Waals surface area (Å²) in [5.41, 5.74) is 4.74. The number of nitrogens with one attached hydrogen (secondary N) is 1. The summed E-state index contributed by atoms with van der Waals surface area (Å²) >= 11 is 0. The summed E-state index contributed by atoms with van der Waals surface area (Å²) in [6.45, 7) is 4.59. The molecule has 7 nitrogen and oxygen atoms in total. The van der Waals surface area contributed by atoms with Crippen molar-refractivity contribution in [3.63, 3.8) is 0 Å². The van der Waals surface area contributed by atoms with Crippen LogP contribution in [0.25, 0.3) is 16.7 Å². The lowest BCUT2D eigenvalue weighted by atomic mass is 9.97. The summed E-state index contributed by atoms with van der Waals surface area (Å²) in [7, 11) is 0. The minimum absolute atomic E-state index is 0.0461. The van der Waals surface area contributed by atoms with Crippen molar-refractivity contribution in [1.82, 2.24) is 24.6 Å². The third-order valence-electron chi connectivity index (χ3n) is 5.47. The molecule has 2 heterocycles. The molecule has 0 spiro atoms. The van der Waals surface area contributed by atoms with Crippen molar-refractivity contribution in [2.24, 2.45) is 0 Å². The highest BCUT2D eigenvalue weighted by Crippen LogP contribution is 2.19. The van der Waals surface area contributed by atoms with Gasteiger partial charge in [-0.15, -0.1) is 0 Å². The number of carbonyl (C=O) groups is 1. The van der Waals surface area contributed by atoms with Gasteiger partial charge in [-0.25, -0.2) is 9.67 Å². The molecule has 0 atom stereocenters. The highest BCUT2D eigenvalue weighted by molar-refractivity contribution is 5.77. The number of benzene rings is 1. The second kappa shape index (κ2) is 8.65. The predicted octanol–water partition coefficient (Wildman–Crippen LogP) is 3.21. The van der Waals surface area contributed by atoms with E-state index >= 15 is 0 Å². The van der Waals surface area contributed by atoms with Gasteiger partial charge in [-0.2, -0.15) is 5.10 Å². The summed E-state index contributed by atoms with van der Waals surface area (Å²) < 4.78 is 3.00. The molecule has 0 bridgehead atoms. The smallest absolute Gasteiger partial charge is 0.264 e. The van der Waals surface area contributed by atoms with Gasteiger partial charge in [0.05, 0.1) is 11.9 Å². The van der Waals surface area contributed by atoms with Crippen LogP contribution in [0.4, 0.5) is 0 Å². The Morgan fingerprint density at radius 3 is 2.70 bits per heavy atom. The Balaban J connectivity index is 1.48. The molecule has 0 aliphatic heterocycles. The van der Waals surface area contributed by atoms with Gasteiger partial charge in [0.2, 0.25) is 5.91 Å². The van der Waals surface area contributed by atoms with Crippen molar-refractivity contribution < 1.29 is 4.79 Å². The van der Waals surface area contributed by atoms with Crippen LogP contribution in [0.1, 0.15) is 43.2 Å². The normalized spacial score (nSPS) is 14.0. The first-order chi connectivity index (χ1) is 14.5. The van der Waals surface area contributed by atoms with E-state index in [-0.39, 0.29) is 18.0 Å². The fraction of sp³-hybridized carbons (Fsp3) is 0.391. The number of fused-ring (bicyclic) bond motifs is 1. The van der Waals surface area contributed by atoms with Crippen LogP contribution in [0, 0.1) is 13.8 Å². The van der Waals surface area contributed by atoms with Crippen molar-refractivity contribution in [3.05, 3.63) is 63.9 Å². The first-order valence-electron chi connectivity index (χ1n) is 10.5. The van der Waals surface area contributed by atoms with E-state index in [1.165, 1.54) is 35.5 Å². The van der Waals surface area contributed by atoms with Crippen molar-refractivity contribution in [3.8, 4) is 5.69 Å². The monoisotopic (exact) mass is 405 g/mol. The second-order valence-corrected chi connectivity index (χ2v) is 8.03. The minimum Gasteiger partial charge on any atom is -0.354 e. The van der Waals surface area contributed by atoms with Gasteiger partial charge in [0, 0.05) is 6.54 Å². The maximum Gasteiger partial charge on any atom is 0.264 e. The van der Waals surface area contributed by atoms with E-state index in [0.29, 0.717) is 17.6 Å². The number of hydrogen-bond donors (Lipinski definition) is 1. The van der Waals surface area contributed by atoms with Gasteiger partial charge >= 0.3 is 0 Å². The first kappa shape index (κ1) is 20.1. The Morgan fingerprint density at radius 2 is 1.97 bits per heavy atom. The molecule has 2 aromatic heterocycles. The van der Waals surface area contributed by atoms with E-state index in [4.69, 9.17) is 0 Å². The molecule has 0 saturated carbocycles. The maximum atomic E-state index is 12.8. The molecule has 1 N–H and O–H groups in total. The molecule has 3 aromatic rings. The van der Waals surface area contributed by atoms with Crippen LogP contribution in [0.3, 0.4) is 0 Å². The maximum absolute atomic E-state index is 12.8. The molecule has 0 saturated heterocycles. The zero-order valence-electron chi connectivity index (χ0n) is 17.5. The van der Waals surface area contributed by atoms with Crippen LogP contribution in [-0.4, -0.2) is 31.8 Å². The van der Waals surface area contributed by atoms with Crippen molar-refractivity contribution in [2.75, 3.05) is 6.54 Å². The molecule has 30 heavy (non-hydrogen) atoms. The number of carbonyl (C=O) groups excluding carboxylic acids is 1. The van der Waals surface area contributed by atoms with Gasteiger partial charge in [0.15, 0.2) is 5.65 Å². The van der Waals surface area contributed by atoms with Crippen LogP contribution in [0.15, 0.2) is 47.2 Å². The van der Waals surface area contributed by atoms with Crippen molar-refractivity contribution in [2.45, 2.75) is 52.5 Å². The molecular formula is C23H27N5O2. The zero-order chi connectivity index (χ0) is 21.1. The lowest BCUT2D eigenvalue weighted by Gasteiger charge is -2.13. The third-order valence-corrected chi connectivity index (χ3v) is 5.47. The van der Waals surface area contributed by atoms with Gasteiger partial charge < -0.3 is 5.32 Å².